The standard InChI is InChI=1S/C21H19F2N5O2/c22-14-3-6-17(23)18(10-14)25-21(29)28-15-4-5-16(28)9-13(8-15)20-26-19(27-30-20)12-2-1-7-24-11-12/h1-3,6-7,10-11,13,15-16H,4-5,8-9H2,(H,25,29)/t13?,15-,16+. The van der Waals surface area contributed by atoms with Crippen LogP contribution < -0.4 is 5.32 Å². The van der Waals surface area contributed by atoms with E-state index in [1.165, 1.54) is 0 Å². The first-order chi connectivity index (χ1) is 14.6. The zero-order valence-electron chi connectivity index (χ0n) is 16.0. The highest BCUT2D eigenvalue weighted by Crippen LogP contribution is 2.43. The van der Waals surface area contributed by atoms with Gasteiger partial charge in [-0.2, -0.15) is 4.98 Å². The molecule has 2 fully saturated rings. The topological polar surface area (TPSA) is 84.2 Å². The van der Waals surface area contributed by atoms with Crippen molar-refractivity contribution < 1.29 is 18.1 Å². The van der Waals surface area contributed by atoms with E-state index in [0.29, 0.717) is 24.6 Å². The van der Waals surface area contributed by atoms with Gasteiger partial charge in [-0.3, -0.25) is 4.98 Å². The predicted molar refractivity (Wildman–Crippen MR) is 104 cm³/mol. The second kappa shape index (κ2) is 7.47. The number of carbonyl (C=O) groups is 1. The van der Waals surface area contributed by atoms with Crippen molar-refractivity contribution in [3.8, 4) is 11.4 Å². The van der Waals surface area contributed by atoms with Crippen LogP contribution in [0.2, 0.25) is 0 Å². The smallest absolute Gasteiger partial charge is 0.322 e. The fourth-order valence-electron chi connectivity index (χ4n) is 4.50. The number of benzene rings is 1. The molecule has 2 amide bonds. The lowest BCUT2D eigenvalue weighted by atomic mass is 9.91. The molecule has 2 aliphatic heterocycles. The van der Waals surface area contributed by atoms with Crippen molar-refractivity contribution in [2.24, 2.45) is 0 Å². The lowest BCUT2D eigenvalue weighted by Crippen LogP contribution is -2.48. The summed E-state index contributed by atoms with van der Waals surface area (Å²) in [5.74, 6) is -0.167. The monoisotopic (exact) mass is 411 g/mol. The number of nitrogens with zero attached hydrogens (tertiary/aromatic N) is 4. The summed E-state index contributed by atoms with van der Waals surface area (Å²) in [6, 6.07) is 6.24. The molecule has 2 aromatic heterocycles. The molecule has 4 heterocycles. The largest absolute Gasteiger partial charge is 0.339 e. The fraction of sp³-hybridized carbons (Fsp3) is 0.333. The van der Waals surface area contributed by atoms with Gasteiger partial charge < -0.3 is 14.7 Å². The van der Waals surface area contributed by atoms with Gasteiger partial charge in [0.25, 0.3) is 0 Å². The van der Waals surface area contributed by atoms with Crippen molar-refractivity contribution in [3.63, 3.8) is 0 Å². The molecular weight excluding hydrogens is 392 g/mol. The number of hydrogen-bond acceptors (Lipinski definition) is 5. The highest BCUT2D eigenvalue weighted by molar-refractivity contribution is 5.90. The molecule has 1 unspecified atom stereocenters. The van der Waals surface area contributed by atoms with Crippen LogP contribution in [-0.2, 0) is 0 Å². The Morgan fingerprint density at radius 1 is 1.17 bits per heavy atom. The molecule has 0 aliphatic carbocycles. The third-order valence-corrected chi connectivity index (χ3v) is 5.85. The molecule has 5 rings (SSSR count). The fourth-order valence-corrected chi connectivity index (χ4v) is 4.50. The Hall–Kier alpha value is -3.36. The number of hydrogen-bond donors (Lipinski definition) is 1. The molecule has 0 saturated carbocycles. The Morgan fingerprint density at radius 3 is 2.70 bits per heavy atom. The van der Waals surface area contributed by atoms with E-state index in [4.69, 9.17) is 4.52 Å². The number of pyridine rings is 1. The van der Waals surface area contributed by atoms with E-state index in [9.17, 15) is 13.6 Å². The number of fused-ring (bicyclic) bond motifs is 2. The molecule has 2 bridgehead atoms. The summed E-state index contributed by atoms with van der Waals surface area (Å²) >= 11 is 0. The SMILES string of the molecule is O=C(Nc1cc(F)ccc1F)N1[C@@H]2CC[C@H]1CC(c1nc(-c3cccnc3)no1)C2. The highest BCUT2D eigenvalue weighted by Gasteiger charge is 2.45. The van der Waals surface area contributed by atoms with Crippen LogP contribution in [0, 0.1) is 11.6 Å². The maximum absolute atomic E-state index is 13.9. The number of aromatic nitrogens is 3. The van der Waals surface area contributed by atoms with Crippen LogP contribution in [0.3, 0.4) is 0 Å². The van der Waals surface area contributed by atoms with Crippen molar-refractivity contribution in [2.75, 3.05) is 5.32 Å². The minimum Gasteiger partial charge on any atom is -0.339 e. The van der Waals surface area contributed by atoms with Crippen LogP contribution in [-0.4, -0.2) is 38.1 Å². The number of anilines is 1. The van der Waals surface area contributed by atoms with E-state index >= 15 is 0 Å². The van der Waals surface area contributed by atoms with Crippen molar-refractivity contribution >= 4 is 11.7 Å². The molecule has 1 N–H and O–H groups in total. The lowest BCUT2D eigenvalue weighted by molar-refractivity contribution is 0.140. The van der Waals surface area contributed by atoms with Crippen LogP contribution in [0.1, 0.15) is 37.5 Å². The van der Waals surface area contributed by atoms with E-state index in [1.54, 1.807) is 17.3 Å². The summed E-state index contributed by atoms with van der Waals surface area (Å²) < 4.78 is 32.8. The molecule has 30 heavy (non-hydrogen) atoms. The summed E-state index contributed by atoms with van der Waals surface area (Å²) in [5.41, 5.74) is 0.629. The summed E-state index contributed by atoms with van der Waals surface area (Å²) in [5, 5.41) is 6.58. The maximum atomic E-state index is 13.9. The third-order valence-electron chi connectivity index (χ3n) is 5.85. The second-order valence-electron chi connectivity index (χ2n) is 7.71. The molecule has 7 nitrogen and oxygen atoms in total. The maximum Gasteiger partial charge on any atom is 0.322 e. The number of carbonyl (C=O) groups excluding carboxylic acids is 1. The van der Waals surface area contributed by atoms with Crippen LogP contribution in [0.4, 0.5) is 19.3 Å². The van der Waals surface area contributed by atoms with Crippen LogP contribution >= 0.6 is 0 Å². The molecule has 154 valence electrons. The van der Waals surface area contributed by atoms with Crippen molar-refractivity contribution in [1.82, 2.24) is 20.0 Å². The highest BCUT2D eigenvalue weighted by atomic mass is 19.1. The number of nitrogens with one attached hydrogen (secondary N) is 1. The Balaban J connectivity index is 1.30. The van der Waals surface area contributed by atoms with Gasteiger partial charge in [-0.05, 0) is 49.9 Å². The predicted octanol–water partition coefficient (Wildman–Crippen LogP) is 4.35. The van der Waals surface area contributed by atoms with E-state index in [-0.39, 0.29) is 23.7 Å². The van der Waals surface area contributed by atoms with Crippen molar-refractivity contribution in [1.29, 1.82) is 0 Å². The van der Waals surface area contributed by atoms with Gasteiger partial charge in [-0.25, -0.2) is 13.6 Å². The first-order valence-corrected chi connectivity index (χ1v) is 9.87. The van der Waals surface area contributed by atoms with Gasteiger partial charge in [-0.1, -0.05) is 5.16 Å². The van der Waals surface area contributed by atoms with E-state index < -0.39 is 17.7 Å². The van der Waals surface area contributed by atoms with E-state index in [2.05, 4.69) is 20.4 Å². The molecule has 2 saturated heterocycles. The summed E-state index contributed by atoms with van der Waals surface area (Å²) in [7, 11) is 0. The number of rotatable bonds is 3. The average Bonchev–Trinajstić information content (AvgIpc) is 3.34. The molecular formula is C21H19F2N5O2. The molecule has 0 spiro atoms. The van der Waals surface area contributed by atoms with Gasteiger partial charge in [0.05, 0.1) is 5.69 Å². The van der Waals surface area contributed by atoms with Gasteiger partial charge in [0.2, 0.25) is 11.7 Å². The molecule has 3 aromatic rings. The van der Waals surface area contributed by atoms with Crippen molar-refractivity contribution in [3.05, 3.63) is 60.3 Å². The zero-order chi connectivity index (χ0) is 20.7. The van der Waals surface area contributed by atoms with Gasteiger partial charge in [0, 0.05) is 42.0 Å². The first-order valence-electron chi connectivity index (χ1n) is 9.87. The Kier molecular flexibility index (Phi) is 4.65. The lowest BCUT2D eigenvalue weighted by Gasteiger charge is -2.37. The van der Waals surface area contributed by atoms with Gasteiger partial charge in [0.1, 0.15) is 11.6 Å². The number of urea groups is 1. The molecule has 3 atom stereocenters. The minimum absolute atomic E-state index is 0.0147. The summed E-state index contributed by atoms with van der Waals surface area (Å²) in [6.45, 7) is 0. The number of amides is 2. The Labute approximate surface area is 171 Å². The second-order valence-corrected chi connectivity index (χ2v) is 7.71. The van der Waals surface area contributed by atoms with Gasteiger partial charge in [0.15, 0.2) is 0 Å². The summed E-state index contributed by atoms with van der Waals surface area (Å²) in [6.07, 6.45) is 6.43. The molecule has 1 aromatic carbocycles. The zero-order valence-corrected chi connectivity index (χ0v) is 16.0. The minimum atomic E-state index is -0.666. The Morgan fingerprint density at radius 2 is 1.97 bits per heavy atom. The number of halogens is 2. The normalized spacial score (nSPS) is 22.9. The van der Waals surface area contributed by atoms with E-state index in [0.717, 1.165) is 36.6 Å². The quantitative estimate of drug-likeness (QED) is 0.693. The van der Waals surface area contributed by atoms with Gasteiger partial charge >= 0.3 is 6.03 Å². The average molecular weight is 411 g/mol. The molecule has 9 heteroatoms. The van der Waals surface area contributed by atoms with Crippen molar-refractivity contribution in [2.45, 2.75) is 43.7 Å². The summed E-state index contributed by atoms with van der Waals surface area (Å²) in [4.78, 5) is 23.1. The third kappa shape index (κ3) is 3.40. The van der Waals surface area contributed by atoms with Crippen LogP contribution in [0.15, 0.2) is 47.2 Å². The Bertz CT molecular complexity index is 1060. The van der Waals surface area contributed by atoms with Crippen LogP contribution in [0.25, 0.3) is 11.4 Å². The van der Waals surface area contributed by atoms with Crippen LogP contribution in [0.5, 0.6) is 0 Å². The molecule has 2 aliphatic rings. The molecule has 0 radical (unpaired) electrons. The first kappa shape index (κ1) is 18.7. The van der Waals surface area contributed by atoms with Gasteiger partial charge in [-0.15, -0.1) is 0 Å². The van der Waals surface area contributed by atoms with E-state index in [1.807, 2.05) is 12.1 Å². The number of piperidine rings is 1.